The van der Waals surface area contributed by atoms with E-state index in [9.17, 15) is 14.0 Å². The third kappa shape index (κ3) is 6.55. The van der Waals surface area contributed by atoms with E-state index in [0.29, 0.717) is 43.9 Å². The van der Waals surface area contributed by atoms with E-state index in [2.05, 4.69) is 46.9 Å². The van der Waals surface area contributed by atoms with E-state index in [4.69, 9.17) is 11.6 Å². The second kappa shape index (κ2) is 12.2. The number of carbonyl (C=O) groups is 2. The first kappa shape index (κ1) is 30.2. The highest BCUT2D eigenvalue weighted by Crippen LogP contribution is 2.30. The maximum absolute atomic E-state index is 14.7. The molecule has 1 saturated heterocycles. The first-order valence-corrected chi connectivity index (χ1v) is 15.4. The topological polar surface area (TPSA) is 124 Å². The van der Waals surface area contributed by atoms with Gasteiger partial charge in [0.05, 0.1) is 30.7 Å². The van der Waals surface area contributed by atoms with Crippen LogP contribution in [-0.2, 0) is 23.3 Å². The van der Waals surface area contributed by atoms with E-state index < -0.39 is 11.2 Å². The van der Waals surface area contributed by atoms with E-state index in [1.807, 2.05) is 27.7 Å². The zero-order valence-electron chi connectivity index (χ0n) is 23.6. The van der Waals surface area contributed by atoms with E-state index in [1.54, 1.807) is 33.2 Å². The Morgan fingerprint density at radius 1 is 1.19 bits per heavy atom. The molecule has 11 nitrogen and oxygen atoms in total. The van der Waals surface area contributed by atoms with Crippen LogP contribution in [0.3, 0.4) is 0 Å². The SMILES string of the molecule is Cc1sc(Br)nc1Cn1cc(CNC(=O)C2CCN(C(=O)c3nnn(-c4ccc(Cl)cc4F)c3C(C)(C)C)CC2)nn1. The number of likely N-dealkylation sites (tertiary alicyclic amines) is 1. The van der Waals surface area contributed by atoms with Crippen LogP contribution in [0.2, 0.25) is 5.02 Å². The average molecular weight is 679 g/mol. The molecule has 1 aliphatic heterocycles. The fourth-order valence-electron chi connectivity index (χ4n) is 4.93. The number of nitrogens with one attached hydrogen (secondary N) is 1. The predicted octanol–water partition coefficient (Wildman–Crippen LogP) is 4.69. The summed E-state index contributed by atoms with van der Waals surface area (Å²) in [5.41, 5.74) is 1.84. The van der Waals surface area contributed by atoms with Crippen LogP contribution in [0.5, 0.6) is 0 Å². The quantitative estimate of drug-likeness (QED) is 0.301. The Kier molecular flexibility index (Phi) is 8.76. The number of thiazole rings is 1. The van der Waals surface area contributed by atoms with E-state index in [-0.39, 0.29) is 40.7 Å². The summed E-state index contributed by atoms with van der Waals surface area (Å²) in [4.78, 5) is 33.7. The largest absolute Gasteiger partial charge is 0.350 e. The van der Waals surface area contributed by atoms with Crippen molar-refractivity contribution in [3.63, 3.8) is 0 Å². The number of carbonyl (C=O) groups excluding carboxylic acids is 2. The number of piperidine rings is 1. The molecule has 0 atom stereocenters. The van der Waals surface area contributed by atoms with Gasteiger partial charge in [0.15, 0.2) is 9.61 Å². The molecule has 2 amide bonds. The molecule has 4 aromatic rings. The highest BCUT2D eigenvalue weighted by molar-refractivity contribution is 9.11. The Morgan fingerprint density at radius 2 is 1.93 bits per heavy atom. The predicted molar refractivity (Wildman–Crippen MR) is 159 cm³/mol. The minimum Gasteiger partial charge on any atom is -0.350 e. The molecule has 0 saturated carbocycles. The molecule has 1 N–H and O–H groups in total. The second-order valence-corrected chi connectivity index (χ2v) is 14.1. The van der Waals surface area contributed by atoms with Gasteiger partial charge in [0.25, 0.3) is 5.91 Å². The van der Waals surface area contributed by atoms with Crippen molar-refractivity contribution in [1.29, 1.82) is 0 Å². The maximum atomic E-state index is 14.7. The lowest BCUT2D eigenvalue weighted by Gasteiger charge is -2.31. The number of aryl methyl sites for hydroxylation is 1. The van der Waals surface area contributed by atoms with Gasteiger partial charge in [0.1, 0.15) is 17.2 Å². The van der Waals surface area contributed by atoms with Gasteiger partial charge in [0, 0.05) is 34.3 Å². The van der Waals surface area contributed by atoms with Crippen molar-refractivity contribution < 1.29 is 14.0 Å². The summed E-state index contributed by atoms with van der Waals surface area (Å²) >= 11 is 10.9. The molecule has 3 aromatic heterocycles. The first-order chi connectivity index (χ1) is 19.9. The molecule has 4 heterocycles. The summed E-state index contributed by atoms with van der Waals surface area (Å²) in [6.07, 6.45) is 2.81. The molecule has 15 heteroatoms. The Bertz CT molecular complexity index is 1620. The zero-order valence-corrected chi connectivity index (χ0v) is 26.7. The summed E-state index contributed by atoms with van der Waals surface area (Å²) in [6.45, 7) is 9.30. The van der Waals surface area contributed by atoms with Gasteiger partial charge in [-0.2, -0.15) is 0 Å². The van der Waals surface area contributed by atoms with Crippen molar-refractivity contribution >= 4 is 50.7 Å². The molecule has 0 spiro atoms. The summed E-state index contributed by atoms with van der Waals surface area (Å²) in [6, 6.07) is 4.28. The fourth-order valence-corrected chi connectivity index (χ4v) is 6.66. The van der Waals surface area contributed by atoms with Gasteiger partial charge in [-0.05, 0) is 53.9 Å². The van der Waals surface area contributed by atoms with Crippen LogP contribution >= 0.6 is 38.9 Å². The molecular formula is C27H30BrClFN9O2S. The monoisotopic (exact) mass is 677 g/mol. The number of halogens is 3. The van der Waals surface area contributed by atoms with Crippen LogP contribution in [0.4, 0.5) is 4.39 Å². The van der Waals surface area contributed by atoms with Gasteiger partial charge in [0.2, 0.25) is 5.91 Å². The average Bonchev–Trinajstić information content (AvgIpc) is 3.65. The molecule has 1 aromatic carbocycles. The minimum atomic E-state index is -0.561. The summed E-state index contributed by atoms with van der Waals surface area (Å²) < 4.78 is 18.6. The molecule has 1 aliphatic rings. The summed E-state index contributed by atoms with van der Waals surface area (Å²) in [5.74, 6) is -1.18. The highest BCUT2D eigenvalue weighted by atomic mass is 79.9. The third-order valence-electron chi connectivity index (χ3n) is 7.08. The number of nitrogens with zero attached hydrogens (tertiary/aromatic N) is 8. The Morgan fingerprint density at radius 3 is 2.57 bits per heavy atom. The Balaban J connectivity index is 1.19. The Hall–Kier alpha value is -3.23. The zero-order chi connectivity index (χ0) is 30.2. The molecule has 0 aliphatic carbocycles. The fraction of sp³-hybridized carbons (Fsp3) is 0.444. The highest BCUT2D eigenvalue weighted by Gasteiger charge is 2.35. The van der Waals surface area contributed by atoms with Crippen molar-refractivity contribution in [2.75, 3.05) is 13.1 Å². The molecule has 5 rings (SSSR count). The van der Waals surface area contributed by atoms with Crippen LogP contribution in [0.25, 0.3) is 5.69 Å². The van der Waals surface area contributed by atoms with Crippen LogP contribution in [0.15, 0.2) is 28.3 Å². The van der Waals surface area contributed by atoms with Crippen LogP contribution in [0.1, 0.15) is 66.1 Å². The summed E-state index contributed by atoms with van der Waals surface area (Å²) in [5, 5.41) is 19.8. The standard InChI is InChI=1S/C27H30BrClFN9O2S/c1-15-20(32-26(28)42-15)14-38-13-18(33-35-38)12-31-24(40)16-7-9-37(10-8-16)25(41)22-23(27(2,3)4)39(36-34-22)21-6-5-17(29)11-19(21)30/h5-6,11,13,16H,7-10,12,14H2,1-4H3,(H,31,40). The molecule has 42 heavy (non-hydrogen) atoms. The van der Waals surface area contributed by atoms with Crippen molar-refractivity contribution in [3.8, 4) is 5.69 Å². The number of hydrogen-bond acceptors (Lipinski definition) is 8. The second-order valence-electron chi connectivity index (χ2n) is 11.2. The van der Waals surface area contributed by atoms with Crippen LogP contribution in [-0.4, -0.2) is 64.8 Å². The minimum absolute atomic E-state index is 0.0875. The van der Waals surface area contributed by atoms with Crippen molar-refractivity contribution in [1.82, 2.24) is 45.2 Å². The Labute approximate surface area is 259 Å². The third-order valence-corrected chi connectivity index (χ3v) is 8.78. The van der Waals surface area contributed by atoms with E-state index in [1.165, 1.54) is 16.8 Å². The lowest BCUT2D eigenvalue weighted by molar-refractivity contribution is -0.126. The maximum Gasteiger partial charge on any atom is 0.276 e. The molecule has 1 fully saturated rings. The van der Waals surface area contributed by atoms with Gasteiger partial charge in [-0.1, -0.05) is 42.8 Å². The molecule has 222 valence electrons. The van der Waals surface area contributed by atoms with Crippen molar-refractivity contribution in [2.45, 2.75) is 59.0 Å². The number of hydrogen-bond donors (Lipinski definition) is 1. The molecule has 0 bridgehead atoms. The van der Waals surface area contributed by atoms with Gasteiger partial charge in [-0.25, -0.2) is 18.7 Å². The van der Waals surface area contributed by atoms with E-state index >= 15 is 0 Å². The first-order valence-electron chi connectivity index (χ1n) is 13.4. The van der Waals surface area contributed by atoms with Crippen LogP contribution in [0, 0.1) is 18.7 Å². The van der Waals surface area contributed by atoms with Gasteiger partial charge >= 0.3 is 0 Å². The number of benzene rings is 1. The van der Waals surface area contributed by atoms with Gasteiger partial charge in [-0.3, -0.25) is 9.59 Å². The summed E-state index contributed by atoms with van der Waals surface area (Å²) in [7, 11) is 0. The molecule has 0 radical (unpaired) electrons. The number of amides is 2. The van der Waals surface area contributed by atoms with E-state index in [0.717, 1.165) is 14.5 Å². The number of aromatic nitrogens is 7. The lowest BCUT2D eigenvalue weighted by Crippen LogP contribution is -2.43. The van der Waals surface area contributed by atoms with Crippen LogP contribution < -0.4 is 5.32 Å². The molecule has 0 unspecified atom stereocenters. The normalized spacial score (nSPS) is 14.4. The van der Waals surface area contributed by atoms with Crippen molar-refractivity contribution in [2.24, 2.45) is 5.92 Å². The van der Waals surface area contributed by atoms with Crippen molar-refractivity contribution in [3.05, 3.63) is 66.8 Å². The smallest absolute Gasteiger partial charge is 0.276 e. The number of rotatable bonds is 7. The molecular weight excluding hydrogens is 649 g/mol. The lowest BCUT2D eigenvalue weighted by atomic mass is 9.89. The van der Waals surface area contributed by atoms with Gasteiger partial charge < -0.3 is 10.2 Å². The van der Waals surface area contributed by atoms with Gasteiger partial charge in [-0.15, -0.1) is 21.5 Å².